The van der Waals surface area contributed by atoms with Crippen LogP contribution < -0.4 is 10.0 Å². The van der Waals surface area contributed by atoms with E-state index in [1.807, 2.05) is 78.9 Å². The van der Waals surface area contributed by atoms with Gasteiger partial charge in [-0.25, -0.2) is 5.01 Å². The minimum atomic E-state index is -0.427. The lowest BCUT2D eigenvalue weighted by Crippen LogP contribution is -2.53. The first-order valence-corrected chi connectivity index (χ1v) is 10.4. The van der Waals surface area contributed by atoms with Crippen LogP contribution in [0.4, 0.5) is 11.6 Å². The molecule has 0 aliphatic carbocycles. The number of anilines is 2. The van der Waals surface area contributed by atoms with Crippen LogP contribution in [0.2, 0.25) is 0 Å². The van der Waals surface area contributed by atoms with Gasteiger partial charge in [0.25, 0.3) is 17.8 Å². The van der Waals surface area contributed by atoms with Crippen molar-refractivity contribution in [1.82, 2.24) is 14.8 Å². The quantitative estimate of drug-likeness (QED) is 0.450. The minimum absolute atomic E-state index is 0.234. The van der Waals surface area contributed by atoms with Gasteiger partial charge in [0.1, 0.15) is 6.33 Å². The molecule has 0 spiro atoms. The number of benzene rings is 3. The van der Waals surface area contributed by atoms with Gasteiger partial charge in [0.05, 0.1) is 11.4 Å². The fourth-order valence-corrected chi connectivity index (χ4v) is 3.61. The molecule has 1 aliphatic rings. The molecule has 0 bridgehead atoms. The van der Waals surface area contributed by atoms with E-state index in [9.17, 15) is 9.59 Å². The average Bonchev–Trinajstić information content (AvgIpc) is 3.36. The minimum Gasteiger partial charge on any atom is -0.267 e. The van der Waals surface area contributed by atoms with Crippen molar-refractivity contribution in [2.24, 2.45) is 0 Å². The largest absolute Gasteiger partial charge is 0.272 e. The fraction of sp³-hybridized carbons (Fsp3) is 0. The van der Waals surface area contributed by atoms with Gasteiger partial charge >= 0.3 is 0 Å². The number of rotatable bonds is 4. The van der Waals surface area contributed by atoms with Crippen molar-refractivity contribution in [3.8, 4) is 5.69 Å². The predicted octanol–water partition coefficient (Wildman–Crippen LogP) is 4.29. The van der Waals surface area contributed by atoms with Gasteiger partial charge in [0.15, 0.2) is 0 Å². The van der Waals surface area contributed by atoms with E-state index in [2.05, 4.69) is 10.2 Å². The van der Waals surface area contributed by atoms with Crippen LogP contribution in [0.15, 0.2) is 103 Å². The topological polar surface area (TPSA) is 71.3 Å². The molecule has 0 saturated carbocycles. The first kappa shape index (κ1) is 20.1. The SMILES string of the molecule is O=C(C=Cc1ccccc1)N1c2ccccc2-n2cnnc2N1C(=O)C=Cc1ccccc1. The van der Waals surface area contributed by atoms with Crippen LogP contribution in [0, 0.1) is 0 Å². The van der Waals surface area contributed by atoms with Crippen molar-refractivity contribution in [2.45, 2.75) is 0 Å². The summed E-state index contributed by atoms with van der Waals surface area (Å²) in [6, 6.07) is 26.3. The highest BCUT2D eigenvalue weighted by atomic mass is 16.2. The van der Waals surface area contributed by atoms with Crippen LogP contribution in [0.3, 0.4) is 0 Å². The maximum atomic E-state index is 13.4. The van der Waals surface area contributed by atoms with Gasteiger partial charge in [0.2, 0.25) is 0 Å². The number of hydrogen-bond acceptors (Lipinski definition) is 4. The van der Waals surface area contributed by atoms with E-state index in [1.54, 1.807) is 22.8 Å². The molecule has 0 atom stereocenters. The second-order valence-corrected chi connectivity index (χ2v) is 7.28. The molecule has 1 aromatic heterocycles. The molecule has 1 aliphatic heterocycles. The number of carbonyl (C=O) groups is 2. The first-order chi connectivity index (χ1) is 16.2. The number of amides is 2. The van der Waals surface area contributed by atoms with Crippen LogP contribution in [0.25, 0.3) is 17.8 Å². The first-order valence-electron chi connectivity index (χ1n) is 10.4. The molecule has 7 nitrogen and oxygen atoms in total. The summed E-state index contributed by atoms with van der Waals surface area (Å²) in [4.78, 5) is 26.8. The molecule has 0 unspecified atom stereocenters. The summed E-state index contributed by atoms with van der Waals surface area (Å²) in [6.07, 6.45) is 7.80. The van der Waals surface area contributed by atoms with Gasteiger partial charge < -0.3 is 0 Å². The highest BCUT2D eigenvalue weighted by molar-refractivity contribution is 6.16. The zero-order chi connectivity index (χ0) is 22.6. The van der Waals surface area contributed by atoms with Crippen LogP contribution in [0.1, 0.15) is 11.1 Å². The summed E-state index contributed by atoms with van der Waals surface area (Å²) in [5.41, 5.74) is 3.00. The molecular formula is C26H19N5O2. The maximum absolute atomic E-state index is 13.4. The molecule has 33 heavy (non-hydrogen) atoms. The molecule has 0 N–H and O–H groups in total. The van der Waals surface area contributed by atoms with Crippen molar-refractivity contribution in [3.05, 3.63) is 115 Å². The maximum Gasteiger partial charge on any atom is 0.272 e. The number of nitrogens with zero attached hydrogens (tertiary/aromatic N) is 5. The number of para-hydroxylation sites is 2. The second-order valence-electron chi connectivity index (χ2n) is 7.28. The molecule has 160 valence electrons. The van der Waals surface area contributed by atoms with E-state index in [4.69, 9.17) is 0 Å². The van der Waals surface area contributed by atoms with Crippen molar-refractivity contribution in [1.29, 1.82) is 0 Å². The zero-order valence-electron chi connectivity index (χ0n) is 17.5. The van der Waals surface area contributed by atoms with Crippen molar-refractivity contribution in [2.75, 3.05) is 10.0 Å². The Kier molecular flexibility index (Phi) is 5.35. The Labute approximate surface area is 190 Å². The fourth-order valence-electron chi connectivity index (χ4n) is 3.61. The van der Waals surface area contributed by atoms with E-state index in [1.165, 1.54) is 28.5 Å². The highest BCUT2D eigenvalue weighted by Crippen LogP contribution is 2.35. The standard InChI is InChI=1S/C26H19N5O2/c32-24(17-15-20-9-3-1-4-10-20)30-23-14-8-7-13-22(23)29-19-27-28-26(29)31(30)25(33)18-16-21-11-5-2-6-12-21/h1-19H. The molecule has 2 amide bonds. The van der Waals surface area contributed by atoms with Gasteiger partial charge in [0, 0.05) is 12.2 Å². The lowest BCUT2D eigenvalue weighted by atomic mass is 10.2. The molecule has 0 saturated heterocycles. The number of hydrazine groups is 1. The third-order valence-corrected chi connectivity index (χ3v) is 5.14. The smallest absolute Gasteiger partial charge is 0.267 e. The lowest BCUT2D eigenvalue weighted by Gasteiger charge is -2.37. The lowest BCUT2D eigenvalue weighted by molar-refractivity contribution is -0.119. The van der Waals surface area contributed by atoms with Gasteiger partial charge in [-0.3, -0.25) is 14.2 Å². The second kappa shape index (κ2) is 8.76. The Balaban J connectivity index is 1.56. The van der Waals surface area contributed by atoms with Gasteiger partial charge in [-0.05, 0) is 35.4 Å². The van der Waals surface area contributed by atoms with Crippen LogP contribution >= 0.6 is 0 Å². The normalized spacial score (nSPS) is 12.7. The van der Waals surface area contributed by atoms with Crippen molar-refractivity contribution < 1.29 is 9.59 Å². The Morgan fingerprint density at radius 1 is 0.636 bits per heavy atom. The zero-order valence-corrected chi connectivity index (χ0v) is 17.5. The molecule has 0 fully saturated rings. The van der Waals surface area contributed by atoms with Crippen LogP contribution in [-0.4, -0.2) is 26.6 Å². The van der Waals surface area contributed by atoms with Gasteiger partial charge in [-0.2, -0.15) is 5.01 Å². The summed E-state index contributed by atoms with van der Waals surface area (Å²) >= 11 is 0. The number of aromatic nitrogens is 3. The van der Waals surface area contributed by atoms with E-state index < -0.39 is 5.91 Å². The molecule has 3 aromatic carbocycles. The Bertz CT molecular complexity index is 1360. The molecule has 2 heterocycles. The summed E-state index contributed by atoms with van der Waals surface area (Å²) in [6.45, 7) is 0. The number of fused-ring (bicyclic) bond motifs is 3. The Hall–Kier alpha value is -4.78. The molecule has 4 aromatic rings. The summed E-state index contributed by atoms with van der Waals surface area (Å²) in [7, 11) is 0. The summed E-state index contributed by atoms with van der Waals surface area (Å²) in [5.74, 6) is -0.580. The van der Waals surface area contributed by atoms with Crippen molar-refractivity contribution in [3.63, 3.8) is 0 Å². The van der Waals surface area contributed by atoms with Crippen LogP contribution in [-0.2, 0) is 9.59 Å². The molecular weight excluding hydrogens is 414 g/mol. The van der Waals surface area contributed by atoms with Gasteiger partial charge in [-0.15, -0.1) is 10.2 Å². The molecule has 0 radical (unpaired) electrons. The molecule has 5 rings (SSSR count). The monoisotopic (exact) mass is 433 g/mol. The van der Waals surface area contributed by atoms with Gasteiger partial charge in [-0.1, -0.05) is 72.8 Å². The molecule has 7 heteroatoms. The number of hydrogen-bond donors (Lipinski definition) is 0. The number of carbonyl (C=O) groups excluding carboxylic acids is 2. The summed E-state index contributed by atoms with van der Waals surface area (Å²) < 4.78 is 1.69. The van der Waals surface area contributed by atoms with E-state index in [-0.39, 0.29) is 11.9 Å². The van der Waals surface area contributed by atoms with E-state index in [0.29, 0.717) is 11.4 Å². The highest BCUT2D eigenvalue weighted by Gasteiger charge is 2.36. The Morgan fingerprint density at radius 3 is 1.76 bits per heavy atom. The third-order valence-electron chi connectivity index (χ3n) is 5.14. The van der Waals surface area contributed by atoms with Crippen molar-refractivity contribution >= 4 is 35.6 Å². The predicted molar refractivity (Wildman–Crippen MR) is 127 cm³/mol. The summed E-state index contributed by atoms with van der Waals surface area (Å²) in [5, 5.41) is 10.7. The Morgan fingerprint density at radius 2 is 1.15 bits per heavy atom. The van der Waals surface area contributed by atoms with E-state index in [0.717, 1.165) is 11.1 Å². The van der Waals surface area contributed by atoms with Crippen LogP contribution in [0.5, 0.6) is 0 Å². The average molecular weight is 433 g/mol. The van der Waals surface area contributed by atoms with E-state index >= 15 is 0 Å². The third kappa shape index (κ3) is 3.95.